The van der Waals surface area contributed by atoms with E-state index >= 15 is 0 Å². The zero-order valence-electron chi connectivity index (χ0n) is 8.37. The Kier molecular flexibility index (Phi) is 2.88. The van der Waals surface area contributed by atoms with Crippen molar-refractivity contribution in [3.8, 4) is 0 Å². The Morgan fingerprint density at radius 3 is 2.31 bits per heavy atom. The Labute approximate surface area is 80.4 Å². The molecule has 0 saturated carbocycles. The molecule has 0 aliphatic heterocycles. The summed E-state index contributed by atoms with van der Waals surface area (Å²) in [6.07, 6.45) is 3.49. The highest BCUT2D eigenvalue weighted by atomic mass is 28.4. The van der Waals surface area contributed by atoms with E-state index in [2.05, 4.69) is 31.2 Å². The first-order chi connectivity index (χ1) is 5.99. The number of hydrogen-bond donors (Lipinski definition) is 0. The molecule has 1 aromatic heterocycles. The van der Waals surface area contributed by atoms with Gasteiger partial charge in [-0.1, -0.05) is 6.58 Å². The molecule has 0 aliphatic rings. The fraction of sp³-hybridized carbons (Fsp3) is 0.300. The molecule has 0 N–H and O–H groups in total. The third-order valence-corrected chi connectivity index (χ3v) is 2.29. The van der Waals surface area contributed by atoms with Crippen LogP contribution >= 0.6 is 0 Å². The maximum atomic E-state index is 5.74. The highest BCUT2D eigenvalue weighted by Crippen LogP contribution is 2.17. The molecule has 1 rings (SSSR count). The summed E-state index contributed by atoms with van der Waals surface area (Å²) < 4.78 is 5.74. The molecule has 0 bridgehead atoms. The van der Waals surface area contributed by atoms with E-state index < -0.39 is 8.32 Å². The summed E-state index contributed by atoms with van der Waals surface area (Å²) in [5, 5.41) is 0. The van der Waals surface area contributed by atoms with Crippen LogP contribution in [0, 0.1) is 0 Å². The highest BCUT2D eigenvalue weighted by Gasteiger charge is 2.17. The Bertz CT molecular complexity index is 290. The Morgan fingerprint density at radius 2 is 1.85 bits per heavy atom. The minimum Gasteiger partial charge on any atom is -0.544 e. The minimum atomic E-state index is -1.52. The Morgan fingerprint density at radius 1 is 1.31 bits per heavy atom. The molecule has 13 heavy (non-hydrogen) atoms. The van der Waals surface area contributed by atoms with Crippen LogP contribution < -0.4 is 0 Å². The summed E-state index contributed by atoms with van der Waals surface area (Å²) in [4.78, 5) is 3.94. The van der Waals surface area contributed by atoms with Crippen molar-refractivity contribution < 1.29 is 4.43 Å². The molecular weight excluding hydrogens is 178 g/mol. The summed E-state index contributed by atoms with van der Waals surface area (Å²) in [5.74, 6) is 0.751. The second kappa shape index (κ2) is 3.74. The average Bonchev–Trinajstić information content (AvgIpc) is 2.03. The minimum absolute atomic E-state index is 0.751. The van der Waals surface area contributed by atoms with Crippen molar-refractivity contribution in [3.05, 3.63) is 36.7 Å². The van der Waals surface area contributed by atoms with E-state index in [1.165, 1.54) is 0 Å². The van der Waals surface area contributed by atoms with E-state index in [0.29, 0.717) is 0 Å². The normalized spacial score (nSPS) is 11.0. The van der Waals surface area contributed by atoms with Gasteiger partial charge in [-0.15, -0.1) is 0 Å². The third kappa shape index (κ3) is 3.42. The molecule has 0 amide bonds. The molecule has 0 aliphatic carbocycles. The third-order valence-electron chi connectivity index (χ3n) is 1.43. The van der Waals surface area contributed by atoms with Crippen molar-refractivity contribution in [2.45, 2.75) is 19.6 Å². The second-order valence-electron chi connectivity index (χ2n) is 3.87. The summed E-state index contributed by atoms with van der Waals surface area (Å²) >= 11 is 0. The van der Waals surface area contributed by atoms with Crippen molar-refractivity contribution >= 4 is 14.1 Å². The summed E-state index contributed by atoms with van der Waals surface area (Å²) in [7, 11) is -1.52. The van der Waals surface area contributed by atoms with Crippen molar-refractivity contribution in [1.29, 1.82) is 0 Å². The zero-order valence-corrected chi connectivity index (χ0v) is 9.37. The second-order valence-corrected chi connectivity index (χ2v) is 8.30. The van der Waals surface area contributed by atoms with E-state index in [1.807, 2.05) is 12.1 Å². The first kappa shape index (κ1) is 9.99. The van der Waals surface area contributed by atoms with E-state index in [9.17, 15) is 0 Å². The summed E-state index contributed by atoms with van der Waals surface area (Å²) in [6.45, 7) is 10.3. The van der Waals surface area contributed by atoms with Gasteiger partial charge in [-0.3, -0.25) is 4.98 Å². The fourth-order valence-electron chi connectivity index (χ4n) is 0.966. The van der Waals surface area contributed by atoms with Gasteiger partial charge in [0.2, 0.25) is 8.32 Å². The van der Waals surface area contributed by atoms with Crippen LogP contribution in [0.2, 0.25) is 19.6 Å². The van der Waals surface area contributed by atoms with Gasteiger partial charge >= 0.3 is 0 Å². The van der Waals surface area contributed by atoms with E-state index in [4.69, 9.17) is 4.43 Å². The van der Waals surface area contributed by atoms with Gasteiger partial charge in [-0.25, -0.2) is 0 Å². The van der Waals surface area contributed by atoms with Crippen molar-refractivity contribution in [3.63, 3.8) is 0 Å². The number of nitrogens with zero attached hydrogens (tertiary/aromatic N) is 1. The molecule has 70 valence electrons. The van der Waals surface area contributed by atoms with Gasteiger partial charge in [0, 0.05) is 18.0 Å². The number of pyridine rings is 1. The first-order valence-electron chi connectivity index (χ1n) is 4.27. The predicted molar refractivity (Wildman–Crippen MR) is 57.7 cm³/mol. The number of hydrogen-bond acceptors (Lipinski definition) is 2. The van der Waals surface area contributed by atoms with Gasteiger partial charge in [0.1, 0.15) is 5.76 Å². The standard InChI is InChI=1S/C10H15NOSi/c1-9(12-13(2,3)4)10-5-7-11-8-6-10/h5-8H,1H2,2-4H3. The number of rotatable bonds is 3. The maximum absolute atomic E-state index is 5.74. The average molecular weight is 193 g/mol. The van der Waals surface area contributed by atoms with E-state index in [-0.39, 0.29) is 0 Å². The predicted octanol–water partition coefficient (Wildman–Crippen LogP) is 2.90. The van der Waals surface area contributed by atoms with Crippen LogP contribution in [0.3, 0.4) is 0 Å². The fourth-order valence-corrected chi connectivity index (χ4v) is 1.82. The lowest BCUT2D eigenvalue weighted by Gasteiger charge is -2.20. The lowest BCUT2D eigenvalue weighted by Crippen LogP contribution is -2.24. The van der Waals surface area contributed by atoms with Crippen molar-refractivity contribution in [2.24, 2.45) is 0 Å². The first-order valence-corrected chi connectivity index (χ1v) is 7.68. The molecule has 1 heterocycles. The largest absolute Gasteiger partial charge is 0.544 e. The molecule has 0 saturated heterocycles. The van der Waals surface area contributed by atoms with Gasteiger partial charge in [-0.2, -0.15) is 0 Å². The van der Waals surface area contributed by atoms with Crippen molar-refractivity contribution in [1.82, 2.24) is 4.98 Å². The maximum Gasteiger partial charge on any atom is 0.242 e. The molecule has 0 unspecified atom stereocenters. The molecule has 1 aromatic rings. The summed E-state index contributed by atoms with van der Waals surface area (Å²) in [6, 6.07) is 3.81. The lowest BCUT2D eigenvalue weighted by molar-refractivity contribution is 0.516. The molecule has 3 heteroatoms. The highest BCUT2D eigenvalue weighted by molar-refractivity contribution is 6.70. The smallest absolute Gasteiger partial charge is 0.242 e. The van der Waals surface area contributed by atoms with E-state index in [0.717, 1.165) is 11.3 Å². The topological polar surface area (TPSA) is 22.1 Å². The van der Waals surface area contributed by atoms with Gasteiger partial charge in [0.15, 0.2) is 0 Å². The Hall–Kier alpha value is -1.09. The van der Waals surface area contributed by atoms with Crippen LogP contribution in [0.15, 0.2) is 31.1 Å². The monoisotopic (exact) mass is 193 g/mol. The van der Waals surface area contributed by atoms with Gasteiger partial charge in [0.25, 0.3) is 0 Å². The molecular formula is C10H15NOSi. The van der Waals surface area contributed by atoms with Gasteiger partial charge < -0.3 is 4.43 Å². The van der Waals surface area contributed by atoms with Crippen molar-refractivity contribution in [2.75, 3.05) is 0 Å². The van der Waals surface area contributed by atoms with Crippen LogP contribution in [0.4, 0.5) is 0 Å². The molecule has 0 atom stereocenters. The summed E-state index contributed by atoms with van der Waals surface area (Å²) in [5.41, 5.74) is 1.01. The molecule has 0 radical (unpaired) electrons. The molecule has 0 aromatic carbocycles. The SMILES string of the molecule is C=C(O[Si](C)(C)C)c1ccncc1. The molecule has 2 nitrogen and oxygen atoms in total. The quantitative estimate of drug-likeness (QED) is 0.544. The van der Waals surface area contributed by atoms with Crippen LogP contribution in [-0.4, -0.2) is 13.3 Å². The Balaban J connectivity index is 2.71. The van der Waals surface area contributed by atoms with Gasteiger partial charge in [-0.05, 0) is 31.8 Å². The van der Waals surface area contributed by atoms with Crippen LogP contribution in [0.25, 0.3) is 5.76 Å². The van der Waals surface area contributed by atoms with E-state index in [1.54, 1.807) is 12.4 Å². The molecule has 0 fully saturated rings. The van der Waals surface area contributed by atoms with Crippen LogP contribution in [-0.2, 0) is 4.43 Å². The van der Waals surface area contributed by atoms with Crippen LogP contribution in [0.1, 0.15) is 5.56 Å². The van der Waals surface area contributed by atoms with Gasteiger partial charge in [0.05, 0.1) is 0 Å². The lowest BCUT2D eigenvalue weighted by atomic mass is 10.2. The number of aromatic nitrogens is 1. The van der Waals surface area contributed by atoms with Crippen LogP contribution in [0.5, 0.6) is 0 Å². The zero-order chi connectivity index (χ0) is 9.90. The molecule has 0 spiro atoms.